The highest BCUT2D eigenvalue weighted by Crippen LogP contribution is 2.45. The molecule has 0 saturated carbocycles. The van der Waals surface area contributed by atoms with E-state index in [1.807, 2.05) is 11.9 Å². The van der Waals surface area contributed by atoms with Crippen molar-refractivity contribution in [3.8, 4) is 0 Å². The largest absolute Gasteiger partial charge is 0.342 e. The van der Waals surface area contributed by atoms with Gasteiger partial charge in [0, 0.05) is 24.9 Å². The summed E-state index contributed by atoms with van der Waals surface area (Å²) in [5, 5.41) is 0. The van der Waals surface area contributed by atoms with Crippen LogP contribution in [-0.2, 0) is 16.6 Å². The van der Waals surface area contributed by atoms with Crippen LogP contribution in [0, 0.1) is 6.92 Å². The first-order valence-corrected chi connectivity index (χ1v) is 6.88. The Morgan fingerprint density at radius 2 is 2.11 bits per heavy atom. The molecule has 1 aromatic rings. The first-order valence-electron chi connectivity index (χ1n) is 6.88. The van der Waals surface area contributed by atoms with Gasteiger partial charge >= 0.3 is 0 Å². The van der Waals surface area contributed by atoms with Gasteiger partial charge < -0.3 is 4.90 Å². The number of carbonyl (C=O) groups excluding carboxylic acids is 1. The maximum atomic E-state index is 11.9. The lowest BCUT2D eigenvalue weighted by Crippen LogP contribution is -2.56. The molecule has 1 aromatic carbocycles. The quantitative estimate of drug-likeness (QED) is 0.686. The van der Waals surface area contributed by atoms with Crippen LogP contribution in [0.25, 0.3) is 0 Å². The molecule has 2 nitrogen and oxygen atoms in total. The number of amides is 1. The third-order valence-electron chi connectivity index (χ3n) is 5.02. The molecule has 2 heteroatoms. The maximum Gasteiger partial charge on any atom is 0.222 e. The van der Waals surface area contributed by atoms with E-state index in [9.17, 15) is 4.79 Å². The number of hydrogen-bond donors (Lipinski definition) is 0. The van der Waals surface area contributed by atoms with Gasteiger partial charge in [-0.2, -0.15) is 0 Å². The Morgan fingerprint density at radius 3 is 2.89 bits per heavy atom. The molecule has 0 aromatic heterocycles. The predicted molar refractivity (Wildman–Crippen MR) is 72.6 cm³/mol. The minimum Gasteiger partial charge on any atom is -0.342 e. The number of carbonyl (C=O) groups is 1. The highest BCUT2D eigenvalue weighted by Gasteiger charge is 2.46. The average Bonchev–Trinajstić information content (AvgIpc) is 2.34. The number of rotatable bonds is 0. The molecular weight excluding hydrogens is 222 g/mol. The standard InChI is InChI=1S/C16H21NO/c1-11-4-6-13-12(10-11)5-7-14-16(13,2)9-8-15(18)17(14)3/h4,6,10,14H,5,7-9H2,1-3H3/t14?,16-/m1/s1. The predicted octanol–water partition coefficient (Wildman–Crippen LogP) is 2.82. The normalized spacial score (nSPS) is 30.9. The molecule has 1 aliphatic carbocycles. The van der Waals surface area contributed by atoms with Crippen molar-refractivity contribution in [2.24, 2.45) is 0 Å². The van der Waals surface area contributed by atoms with Gasteiger partial charge in [0.05, 0.1) is 0 Å². The van der Waals surface area contributed by atoms with E-state index in [-0.39, 0.29) is 5.41 Å². The van der Waals surface area contributed by atoms with Crippen molar-refractivity contribution in [3.05, 3.63) is 34.9 Å². The molecular formula is C16H21NO. The minimum absolute atomic E-state index is 0.157. The van der Waals surface area contributed by atoms with Crippen LogP contribution in [0.15, 0.2) is 18.2 Å². The first-order chi connectivity index (χ1) is 8.52. The van der Waals surface area contributed by atoms with Gasteiger partial charge in [0.2, 0.25) is 5.91 Å². The Kier molecular flexibility index (Phi) is 2.51. The lowest BCUT2D eigenvalue weighted by molar-refractivity contribution is -0.138. The fraction of sp³-hybridized carbons (Fsp3) is 0.562. The molecule has 2 atom stereocenters. The summed E-state index contributed by atoms with van der Waals surface area (Å²) in [5.74, 6) is 0.313. The fourth-order valence-corrected chi connectivity index (χ4v) is 3.92. The molecule has 1 aliphatic heterocycles. The van der Waals surface area contributed by atoms with Crippen molar-refractivity contribution in [1.29, 1.82) is 0 Å². The van der Waals surface area contributed by atoms with E-state index >= 15 is 0 Å². The molecule has 0 bridgehead atoms. The molecule has 18 heavy (non-hydrogen) atoms. The van der Waals surface area contributed by atoms with Crippen LogP contribution in [0.2, 0.25) is 0 Å². The first kappa shape index (κ1) is 11.8. The molecule has 1 saturated heterocycles. The number of likely N-dealkylation sites (N-methyl/N-ethyl adjacent to an activating group) is 1. The zero-order chi connectivity index (χ0) is 12.9. The van der Waals surface area contributed by atoms with E-state index in [0.29, 0.717) is 18.4 Å². The van der Waals surface area contributed by atoms with Crippen molar-refractivity contribution < 1.29 is 4.79 Å². The minimum atomic E-state index is 0.157. The van der Waals surface area contributed by atoms with Crippen LogP contribution < -0.4 is 0 Å². The lowest BCUT2D eigenvalue weighted by Gasteiger charge is -2.50. The molecule has 1 amide bonds. The average molecular weight is 243 g/mol. The Hall–Kier alpha value is -1.31. The second kappa shape index (κ2) is 3.84. The van der Waals surface area contributed by atoms with Crippen molar-refractivity contribution in [3.63, 3.8) is 0 Å². The van der Waals surface area contributed by atoms with Crippen LogP contribution in [0.4, 0.5) is 0 Å². The van der Waals surface area contributed by atoms with Crippen LogP contribution in [-0.4, -0.2) is 23.9 Å². The number of likely N-dealkylation sites (tertiary alicyclic amines) is 1. The van der Waals surface area contributed by atoms with Crippen molar-refractivity contribution in [2.75, 3.05) is 7.05 Å². The van der Waals surface area contributed by atoms with Gasteiger partial charge in [0.15, 0.2) is 0 Å². The third-order valence-corrected chi connectivity index (χ3v) is 5.02. The van der Waals surface area contributed by atoms with E-state index in [1.165, 1.54) is 16.7 Å². The van der Waals surface area contributed by atoms with E-state index in [4.69, 9.17) is 0 Å². The monoisotopic (exact) mass is 243 g/mol. The van der Waals surface area contributed by atoms with Gasteiger partial charge in [0.25, 0.3) is 0 Å². The van der Waals surface area contributed by atoms with Gasteiger partial charge in [0.1, 0.15) is 0 Å². The molecule has 1 fully saturated rings. The number of aryl methyl sites for hydroxylation is 2. The van der Waals surface area contributed by atoms with Gasteiger partial charge in [-0.3, -0.25) is 4.79 Å². The zero-order valence-corrected chi connectivity index (χ0v) is 11.5. The summed E-state index contributed by atoms with van der Waals surface area (Å²) in [6.45, 7) is 4.50. The Bertz CT molecular complexity index is 508. The van der Waals surface area contributed by atoms with Gasteiger partial charge in [-0.1, -0.05) is 30.7 Å². The summed E-state index contributed by atoms with van der Waals surface area (Å²) in [7, 11) is 1.98. The van der Waals surface area contributed by atoms with Crippen molar-refractivity contribution in [1.82, 2.24) is 4.90 Å². The Balaban J connectivity index is 2.09. The Morgan fingerprint density at radius 1 is 1.33 bits per heavy atom. The van der Waals surface area contributed by atoms with Gasteiger partial charge in [-0.25, -0.2) is 0 Å². The summed E-state index contributed by atoms with van der Waals surface area (Å²) < 4.78 is 0. The molecule has 1 unspecified atom stereocenters. The van der Waals surface area contributed by atoms with Crippen LogP contribution >= 0.6 is 0 Å². The smallest absolute Gasteiger partial charge is 0.222 e. The second-order valence-electron chi connectivity index (χ2n) is 6.14. The molecule has 96 valence electrons. The van der Waals surface area contributed by atoms with Crippen molar-refractivity contribution in [2.45, 2.75) is 51.0 Å². The second-order valence-corrected chi connectivity index (χ2v) is 6.14. The summed E-state index contributed by atoms with van der Waals surface area (Å²) in [5.41, 5.74) is 4.47. The van der Waals surface area contributed by atoms with E-state index in [2.05, 4.69) is 32.0 Å². The highest BCUT2D eigenvalue weighted by atomic mass is 16.2. The Labute approximate surface area is 109 Å². The number of hydrogen-bond acceptors (Lipinski definition) is 1. The number of piperidine rings is 1. The SMILES string of the molecule is Cc1ccc2c(c1)CCC1N(C)C(=O)CC[C@]21C. The fourth-order valence-electron chi connectivity index (χ4n) is 3.92. The molecule has 0 N–H and O–H groups in total. The summed E-state index contributed by atoms with van der Waals surface area (Å²) in [6, 6.07) is 7.21. The molecule has 1 heterocycles. The van der Waals surface area contributed by atoms with Crippen LogP contribution in [0.5, 0.6) is 0 Å². The van der Waals surface area contributed by atoms with Crippen molar-refractivity contribution >= 4 is 5.91 Å². The van der Waals surface area contributed by atoms with Crippen LogP contribution in [0.1, 0.15) is 42.9 Å². The van der Waals surface area contributed by atoms with Gasteiger partial charge in [-0.05, 0) is 37.3 Å². The molecule has 3 rings (SSSR count). The maximum absolute atomic E-state index is 11.9. The highest BCUT2D eigenvalue weighted by molar-refractivity contribution is 5.78. The molecule has 2 aliphatic rings. The number of nitrogens with zero attached hydrogens (tertiary/aromatic N) is 1. The number of fused-ring (bicyclic) bond motifs is 3. The molecule has 0 radical (unpaired) electrons. The zero-order valence-electron chi connectivity index (χ0n) is 11.5. The topological polar surface area (TPSA) is 20.3 Å². The lowest BCUT2D eigenvalue weighted by atomic mass is 9.63. The van der Waals surface area contributed by atoms with E-state index in [1.54, 1.807) is 0 Å². The van der Waals surface area contributed by atoms with E-state index in [0.717, 1.165) is 19.3 Å². The third kappa shape index (κ3) is 1.51. The molecule has 0 spiro atoms. The van der Waals surface area contributed by atoms with Gasteiger partial charge in [-0.15, -0.1) is 0 Å². The summed E-state index contributed by atoms with van der Waals surface area (Å²) in [4.78, 5) is 13.9. The number of benzene rings is 1. The summed E-state index contributed by atoms with van der Waals surface area (Å²) in [6.07, 6.45) is 3.90. The summed E-state index contributed by atoms with van der Waals surface area (Å²) >= 11 is 0. The van der Waals surface area contributed by atoms with Crippen LogP contribution in [0.3, 0.4) is 0 Å². The van der Waals surface area contributed by atoms with E-state index < -0.39 is 0 Å².